The summed E-state index contributed by atoms with van der Waals surface area (Å²) in [5, 5.41) is 0. The Kier molecular flexibility index (Phi) is 3.79. The van der Waals surface area contributed by atoms with E-state index in [9.17, 15) is 14.0 Å². The van der Waals surface area contributed by atoms with Crippen LogP contribution in [0.4, 0.5) is 4.39 Å². The van der Waals surface area contributed by atoms with Gasteiger partial charge in [0.05, 0.1) is 5.56 Å². The first-order valence-electron chi connectivity index (χ1n) is 7.27. The van der Waals surface area contributed by atoms with Crippen molar-refractivity contribution in [3.05, 3.63) is 69.9 Å². The van der Waals surface area contributed by atoms with Gasteiger partial charge in [-0.15, -0.1) is 0 Å². The van der Waals surface area contributed by atoms with Gasteiger partial charge in [0.2, 0.25) is 5.56 Å². The number of carbonyl (C=O) groups is 1. The number of aryl methyl sites for hydroxylation is 1. The zero-order valence-electron chi connectivity index (χ0n) is 12.3. The van der Waals surface area contributed by atoms with Gasteiger partial charge >= 0.3 is 0 Å². The first-order valence-corrected chi connectivity index (χ1v) is 7.27. The van der Waals surface area contributed by atoms with E-state index in [1.165, 1.54) is 22.8 Å². The molecule has 0 aliphatic heterocycles. The van der Waals surface area contributed by atoms with Crippen LogP contribution in [0, 0.1) is 5.82 Å². The van der Waals surface area contributed by atoms with E-state index in [1.54, 1.807) is 30.3 Å². The fourth-order valence-electron chi connectivity index (χ4n) is 2.47. The van der Waals surface area contributed by atoms with Gasteiger partial charge in [0.15, 0.2) is 0 Å². The number of hydrogen-bond donors (Lipinski definition) is 0. The number of rotatable bonds is 4. The topological polar surface area (TPSA) is 42.3 Å². The second-order valence-electron chi connectivity index (χ2n) is 5.66. The summed E-state index contributed by atoms with van der Waals surface area (Å²) >= 11 is 0. The minimum atomic E-state index is -0.303. The Bertz CT molecular complexity index is 765. The molecule has 0 bridgehead atoms. The summed E-state index contributed by atoms with van der Waals surface area (Å²) in [5.41, 5.74) is 1.09. The van der Waals surface area contributed by atoms with Crippen molar-refractivity contribution in [1.82, 2.24) is 9.47 Å². The van der Waals surface area contributed by atoms with Gasteiger partial charge < -0.3 is 9.47 Å². The van der Waals surface area contributed by atoms with Crippen LogP contribution in [0.3, 0.4) is 0 Å². The largest absolute Gasteiger partial charge is 0.331 e. The Morgan fingerprint density at radius 3 is 2.73 bits per heavy atom. The molecule has 3 rings (SSSR count). The molecule has 0 radical (unpaired) electrons. The van der Waals surface area contributed by atoms with Crippen LogP contribution >= 0.6 is 0 Å². The lowest BCUT2D eigenvalue weighted by molar-refractivity contribution is 0.0729. The van der Waals surface area contributed by atoms with Gasteiger partial charge in [-0.1, -0.05) is 12.1 Å². The number of pyridine rings is 1. The lowest BCUT2D eigenvalue weighted by atomic mass is 10.1. The van der Waals surface area contributed by atoms with Crippen LogP contribution in [0.1, 0.15) is 28.8 Å². The predicted octanol–water partition coefficient (Wildman–Crippen LogP) is 2.33. The van der Waals surface area contributed by atoms with Crippen molar-refractivity contribution >= 4 is 5.91 Å². The minimum Gasteiger partial charge on any atom is -0.331 e. The Balaban J connectivity index is 1.85. The van der Waals surface area contributed by atoms with Gasteiger partial charge in [0.25, 0.3) is 5.91 Å². The Labute approximate surface area is 127 Å². The van der Waals surface area contributed by atoms with Crippen molar-refractivity contribution in [1.29, 1.82) is 0 Å². The Hall–Kier alpha value is -2.43. The van der Waals surface area contributed by atoms with E-state index in [4.69, 9.17) is 0 Å². The molecule has 2 aromatic rings. The van der Waals surface area contributed by atoms with Gasteiger partial charge in [-0.2, -0.15) is 0 Å². The monoisotopic (exact) mass is 300 g/mol. The van der Waals surface area contributed by atoms with Crippen LogP contribution in [-0.4, -0.2) is 21.4 Å². The summed E-state index contributed by atoms with van der Waals surface area (Å²) in [4.78, 5) is 25.9. The molecule has 1 heterocycles. The molecule has 0 atom stereocenters. The Morgan fingerprint density at radius 2 is 2.09 bits per heavy atom. The van der Waals surface area contributed by atoms with Gasteiger partial charge in [-0.3, -0.25) is 9.59 Å². The highest BCUT2D eigenvalue weighted by molar-refractivity contribution is 5.94. The van der Waals surface area contributed by atoms with Crippen molar-refractivity contribution in [3.63, 3.8) is 0 Å². The quantitative estimate of drug-likeness (QED) is 0.869. The number of carbonyl (C=O) groups excluding carboxylic acids is 1. The maximum absolute atomic E-state index is 13.3. The second-order valence-corrected chi connectivity index (χ2v) is 5.66. The molecule has 1 aromatic carbocycles. The fourth-order valence-corrected chi connectivity index (χ4v) is 2.47. The molecular weight excluding hydrogens is 283 g/mol. The lowest BCUT2D eigenvalue weighted by Crippen LogP contribution is -2.33. The lowest BCUT2D eigenvalue weighted by Gasteiger charge is -2.23. The molecule has 1 aliphatic carbocycles. The van der Waals surface area contributed by atoms with Crippen molar-refractivity contribution in [2.24, 2.45) is 7.05 Å². The summed E-state index contributed by atoms with van der Waals surface area (Å²) in [7, 11) is 1.62. The fraction of sp³-hybridized carbons (Fsp3) is 0.294. The van der Waals surface area contributed by atoms with Gasteiger partial charge in [-0.05, 0) is 36.6 Å². The number of nitrogens with zero attached hydrogens (tertiary/aromatic N) is 2. The molecular formula is C17H17FN2O2. The third-order valence-corrected chi connectivity index (χ3v) is 3.82. The summed E-state index contributed by atoms with van der Waals surface area (Å²) in [6.45, 7) is 0.379. The van der Waals surface area contributed by atoms with Crippen molar-refractivity contribution in [2.75, 3.05) is 0 Å². The molecule has 5 heteroatoms. The van der Waals surface area contributed by atoms with Crippen LogP contribution < -0.4 is 5.56 Å². The summed E-state index contributed by atoms with van der Waals surface area (Å²) in [6, 6.07) is 9.43. The van der Waals surface area contributed by atoms with Crippen LogP contribution in [0.15, 0.2) is 47.4 Å². The molecule has 1 amide bonds. The predicted molar refractivity (Wildman–Crippen MR) is 81.0 cm³/mol. The van der Waals surface area contributed by atoms with Gasteiger partial charge in [0, 0.05) is 31.9 Å². The normalized spacial score (nSPS) is 13.9. The maximum atomic E-state index is 13.3. The highest BCUT2D eigenvalue weighted by Crippen LogP contribution is 2.29. The summed E-state index contributed by atoms with van der Waals surface area (Å²) in [6.07, 6.45) is 3.48. The SMILES string of the molecule is Cn1cc(C(=O)N(Cc2cccc(F)c2)C2CC2)ccc1=O. The van der Waals surface area contributed by atoms with E-state index in [0.29, 0.717) is 12.1 Å². The first-order chi connectivity index (χ1) is 10.5. The van der Waals surface area contributed by atoms with Crippen molar-refractivity contribution < 1.29 is 9.18 Å². The molecule has 114 valence electrons. The average Bonchev–Trinajstić information content (AvgIpc) is 3.32. The van der Waals surface area contributed by atoms with Gasteiger partial charge in [0.1, 0.15) is 5.82 Å². The third-order valence-electron chi connectivity index (χ3n) is 3.82. The van der Waals surface area contributed by atoms with Crippen LogP contribution in [0.25, 0.3) is 0 Å². The highest BCUT2D eigenvalue weighted by atomic mass is 19.1. The van der Waals surface area contributed by atoms with Crippen LogP contribution in [-0.2, 0) is 13.6 Å². The molecule has 1 saturated carbocycles. The summed E-state index contributed by atoms with van der Waals surface area (Å²) < 4.78 is 14.7. The molecule has 1 aromatic heterocycles. The second kappa shape index (κ2) is 5.75. The molecule has 0 spiro atoms. The van der Waals surface area contributed by atoms with E-state index < -0.39 is 0 Å². The van der Waals surface area contributed by atoms with Gasteiger partial charge in [-0.25, -0.2) is 4.39 Å². The number of halogens is 1. The van der Waals surface area contributed by atoms with E-state index in [-0.39, 0.29) is 23.3 Å². The van der Waals surface area contributed by atoms with E-state index in [2.05, 4.69) is 0 Å². The standard InChI is InChI=1S/C17H17FN2O2/c1-19-11-13(5-8-16(19)21)17(22)20(15-6-7-15)10-12-3-2-4-14(18)9-12/h2-5,8-9,11,15H,6-7,10H2,1H3. The average molecular weight is 300 g/mol. The van der Waals surface area contributed by atoms with Crippen molar-refractivity contribution in [3.8, 4) is 0 Å². The maximum Gasteiger partial charge on any atom is 0.255 e. The number of aromatic nitrogens is 1. The molecule has 4 nitrogen and oxygen atoms in total. The number of amides is 1. The molecule has 1 aliphatic rings. The number of benzene rings is 1. The Morgan fingerprint density at radius 1 is 1.32 bits per heavy atom. The molecule has 22 heavy (non-hydrogen) atoms. The van der Waals surface area contributed by atoms with Crippen molar-refractivity contribution in [2.45, 2.75) is 25.4 Å². The highest BCUT2D eigenvalue weighted by Gasteiger charge is 2.33. The molecule has 0 unspecified atom stereocenters. The van der Waals surface area contributed by atoms with E-state index >= 15 is 0 Å². The zero-order valence-corrected chi connectivity index (χ0v) is 12.3. The van der Waals surface area contributed by atoms with Crippen LogP contribution in [0.5, 0.6) is 0 Å². The molecule has 0 saturated heterocycles. The number of hydrogen-bond acceptors (Lipinski definition) is 2. The van der Waals surface area contributed by atoms with E-state index in [0.717, 1.165) is 18.4 Å². The van der Waals surface area contributed by atoms with Crippen LogP contribution in [0.2, 0.25) is 0 Å². The first kappa shape index (κ1) is 14.5. The molecule has 0 N–H and O–H groups in total. The van der Waals surface area contributed by atoms with E-state index in [1.807, 2.05) is 6.07 Å². The minimum absolute atomic E-state index is 0.123. The zero-order chi connectivity index (χ0) is 15.7. The molecule has 1 fully saturated rings. The smallest absolute Gasteiger partial charge is 0.255 e. The summed E-state index contributed by atoms with van der Waals surface area (Å²) in [5.74, 6) is -0.426. The third kappa shape index (κ3) is 3.08.